The minimum absolute atomic E-state index is 0.235. The van der Waals surface area contributed by atoms with Gasteiger partial charge in [-0.05, 0) is 37.1 Å². The number of rotatable bonds is 4. The molecule has 3 rings (SSSR count). The molecule has 5 nitrogen and oxygen atoms in total. The molecule has 0 bridgehead atoms. The smallest absolute Gasteiger partial charge is 0.335 e. The first-order valence-electron chi connectivity index (χ1n) is 5.57. The summed E-state index contributed by atoms with van der Waals surface area (Å²) in [7, 11) is 0. The van der Waals surface area contributed by atoms with Gasteiger partial charge in [0.2, 0.25) is 0 Å². The highest BCUT2D eigenvalue weighted by Gasteiger charge is 2.28. The van der Waals surface area contributed by atoms with Gasteiger partial charge < -0.3 is 9.84 Å². The summed E-state index contributed by atoms with van der Waals surface area (Å²) < 4.78 is 9.76. The zero-order valence-corrected chi connectivity index (χ0v) is 10.2. The Balaban J connectivity index is 1.72. The van der Waals surface area contributed by atoms with Crippen molar-refractivity contribution < 1.29 is 14.6 Å². The lowest BCUT2D eigenvalue weighted by molar-refractivity contribution is 0.0697. The number of hydrogen-bond acceptors (Lipinski definition) is 5. The SMILES string of the molecule is O=C(O)c1ccc(Oc2nc(C3CC3)ns2)cc1. The molecule has 1 aliphatic carbocycles. The average Bonchev–Trinajstić information content (AvgIpc) is 3.11. The number of carboxylic acids is 1. The van der Waals surface area contributed by atoms with E-state index < -0.39 is 5.97 Å². The fourth-order valence-electron chi connectivity index (χ4n) is 1.54. The van der Waals surface area contributed by atoms with E-state index in [4.69, 9.17) is 9.84 Å². The Morgan fingerprint density at radius 2 is 2.06 bits per heavy atom. The van der Waals surface area contributed by atoms with Crippen LogP contribution in [0, 0.1) is 0 Å². The van der Waals surface area contributed by atoms with Gasteiger partial charge in [0.25, 0.3) is 5.19 Å². The van der Waals surface area contributed by atoms with Crippen molar-refractivity contribution >= 4 is 17.5 Å². The molecular weight excluding hydrogens is 252 g/mol. The Labute approximate surface area is 107 Å². The molecular formula is C12H10N2O3S. The third-order valence-corrected chi connectivity index (χ3v) is 3.28. The van der Waals surface area contributed by atoms with Gasteiger partial charge in [0.05, 0.1) is 5.56 Å². The molecule has 2 aromatic rings. The van der Waals surface area contributed by atoms with Crippen LogP contribution in [0.2, 0.25) is 0 Å². The van der Waals surface area contributed by atoms with Crippen molar-refractivity contribution in [1.82, 2.24) is 9.36 Å². The Morgan fingerprint density at radius 1 is 1.33 bits per heavy atom. The molecule has 0 radical (unpaired) electrons. The summed E-state index contributed by atoms with van der Waals surface area (Å²) in [5.74, 6) is 0.983. The van der Waals surface area contributed by atoms with E-state index >= 15 is 0 Å². The van der Waals surface area contributed by atoms with Crippen LogP contribution in [-0.4, -0.2) is 20.4 Å². The Bertz CT molecular complexity index is 575. The number of benzene rings is 1. The second-order valence-corrected chi connectivity index (χ2v) is 4.84. The van der Waals surface area contributed by atoms with E-state index in [0.29, 0.717) is 16.9 Å². The molecule has 1 aliphatic rings. The van der Waals surface area contributed by atoms with Crippen LogP contribution in [0.5, 0.6) is 10.9 Å². The van der Waals surface area contributed by atoms with Gasteiger partial charge in [-0.25, -0.2) is 4.79 Å². The van der Waals surface area contributed by atoms with Crippen LogP contribution in [0.4, 0.5) is 0 Å². The van der Waals surface area contributed by atoms with Crippen LogP contribution in [-0.2, 0) is 0 Å². The van der Waals surface area contributed by atoms with Crippen LogP contribution >= 0.6 is 11.5 Å². The standard InChI is InChI=1S/C12H10N2O3S/c15-11(16)8-3-5-9(6-4-8)17-12-13-10(14-18-12)7-1-2-7/h3-7H,1-2H2,(H,15,16). The predicted molar refractivity (Wildman–Crippen MR) is 65.4 cm³/mol. The van der Waals surface area contributed by atoms with Crippen molar-refractivity contribution in [2.45, 2.75) is 18.8 Å². The maximum absolute atomic E-state index is 10.7. The van der Waals surface area contributed by atoms with E-state index in [0.717, 1.165) is 18.7 Å². The molecule has 1 heterocycles. The molecule has 0 aliphatic heterocycles. The Morgan fingerprint density at radius 3 is 2.67 bits per heavy atom. The van der Waals surface area contributed by atoms with Crippen LogP contribution < -0.4 is 4.74 Å². The van der Waals surface area contributed by atoms with Gasteiger partial charge in [0, 0.05) is 17.5 Å². The van der Waals surface area contributed by atoms with Crippen LogP contribution in [0.15, 0.2) is 24.3 Å². The maximum atomic E-state index is 10.7. The van der Waals surface area contributed by atoms with Crippen LogP contribution in [0.3, 0.4) is 0 Å². The summed E-state index contributed by atoms with van der Waals surface area (Å²) in [6.07, 6.45) is 2.31. The van der Waals surface area contributed by atoms with Crippen LogP contribution in [0.25, 0.3) is 0 Å². The first-order chi connectivity index (χ1) is 8.72. The molecule has 0 saturated heterocycles. The van der Waals surface area contributed by atoms with Gasteiger partial charge in [-0.1, -0.05) is 0 Å². The van der Waals surface area contributed by atoms with Crippen molar-refractivity contribution in [3.8, 4) is 10.9 Å². The Hall–Kier alpha value is -1.95. The number of aromatic carboxylic acids is 1. The maximum Gasteiger partial charge on any atom is 0.335 e. The number of carboxylic acid groups (broad SMARTS) is 1. The normalized spacial score (nSPS) is 14.4. The summed E-state index contributed by atoms with van der Waals surface area (Å²) in [6.45, 7) is 0. The van der Waals surface area contributed by atoms with E-state index in [-0.39, 0.29) is 5.56 Å². The largest absolute Gasteiger partial charge is 0.478 e. The summed E-state index contributed by atoms with van der Waals surface area (Å²) in [5, 5.41) is 9.28. The minimum Gasteiger partial charge on any atom is -0.478 e. The van der Waals surface area contributed by atoms with E-state index in [1.54, 1.807) is 12.1 Å². The zero-order valence-electron chi connectivity index (χ0n) is 9.37. The molecule has 1 aromatic carbocycles. The summed E-state index contributed by atoms with van der Waals surface area (Å²) in [4.78, 5) is 15.0. The highest BCUT2D eigenvalue weighted by Crippen LogP contribution is 2.40. The average molecular weight is 262 g/mol. The van der Waals surface area contributed by atoms with Gasteiger partial charge in [0.15, 0.2) is 0 Å². The quantitative estimate of drug-likeness (QED) is 0.917. The fraction of sp³-hybridized carbons (Fsp3) is 0.250. The third kappa shape index (κ3) is 2.33. The number of ether oxygens (including phenoxy) is 1. The molecule has 1 fully saturated rings. The predicted octanol–water partition coefficient (Wildman–Crippen LogP) is 2.91. The second kappa shape index (κ2) is 4.38. The van der Waals surface area contributed by atoms with E-state index in [1.807, 2.05) is 0 Å². The number of carbonyl (C=O) groups is 1. The highest BCUT2D eigenvalue weighted by molar-refractivity contribution is 7.07. The first-order valence-corrected chi connectivity index (χ1v) is 6.34. The molecule has 1 saturated carbocycles. The minimum atomic E-state index is -0.950. The van der Waals surface area contributed by atoms with E-state index in [2.05, 4.69) is 9.36 Å². The van der Waals surface area contributed by atoms with Gasteiger partial charge in [-0.15, -0.1) is 0 Å². The zero-order chi connectivity index (χ0) is 12.5. The molecule has 18 heavy (non-hydrogen) atoms. The monoisotopic (exact) mass is 262 g/mol. The second-order valence-electron chi connectivity index (χ2n) is 4.12. The number of hydrogen-bond donors (Lipinski definition) is 1. The lowest BCUT2D eigenvalue weighted by atomic mass is 10.2. The van der Waals surface area contributed by atoms with Gasteiger partial charge >= 0.3 is 5.97 Å². The Kier molecular flexibility index (Phi) is 2.71. The third-order valence-electron chi connectivity index (χ3n) is 2.67. The molecule has 0 spiro atoms. The first kappa shape index (κ1) is 11.2. The summed E-state index contributed by atoms with van der Waals surface area (Å²) >= 11 is 1.22. The van der Waals surface area contributed by atoms with Crippen molar-refractivity contribution in [2.75, 3.05) is 0 Å². The molecule has 0 unspecified atom stereocenters. The fourth-order valence-corrected chi connectivity index (χ4v) is 2.16. The number of nitrogens with zero attached hydrogens (tertiary/aromatic N) is 2. The lowest BCUT2D eigenvalue weighted by Gasteiger charge is -2.00. The number of aromatic nitrogens is 2. The molecule has 92 valence electrons. The summed E-state index contributed by atoms with van der Waals surface area (Å²) in [6, 6.07) is 6.23. The van der Waals surface area contributed by atoms with Gasteiger partial charge in [-0.3, -0.25) is 0 Å². The van der Waals surface area contributed by atoms with Crippen molar-refractivity contribution in [3.63, 3.8) is 0 Å². The molecule has 0 amide bonds. The molecule has 1 N–H and O–H groups in total. The lowest BCUT2D eigenvalue weighted by Crippen LogP contribution is -1.95. The van der Waals surface area contributed by atoms with Gasteiger partial charge in [0.1, 0.15) is 11.6 Å². The van der Waals surface area contributed by atoms with Crippen molar-refractivity contribution in [1.29, 1.82) is 0 Å². The van der Waals surface area contributed by atoms with Crippen molar-refractivity contribution in [2.24, 2.45) is 0 Å². The topological polar surface area (TPSA) is 72.3 Å². The summed E-state index contributed by atoms with van der Waals surface area (Å²) in [5.41, 5.74) is 0.235. The van der Waals surface area contributed by atoms with Gasteiger partial charge in [-0.2, -0.15) is 9.36 Å². The molecule has 1 aromatic heterocycles. The van der Waals surface area contributed by atoms with Crippen LogP contribution in [0.1, 0.15) is 34.9 Å². The van der Waals surface area contributed by atoms with E-state index in [9.17, 15) is 4.79 Å². The molecule has 6 heteroatoms. The van der Waals surface area contributed by atoms with E-state index in [1.165, 1.54) is 23.7 Å². The molecule has 0 atom stereocenters. The highest BCUT2D eigenvalue weighted by atomic mass is 32.1. The van der Waals surface area contributed by atoms with Crippen molar-refractivity contribution in [3.05, 3.63) is 35.7 Å².